The number of aryl methyl sites for hydroxylation is 1. The number of nitrogens with one attached hydrogen (secondary N) is 1. The molecular weight excluding hydrogens is 350 g/mol. The normalized spacial score (nSPS) is 14.0. The molecule has 142 valence electrons. The van der Waals surface area contributed by atoms with Gasteiger partial charge < -0.3 is 15.0 Å². The summed E-state index contributed by atoms with van der Waals surface area (Å²) in [6.07, 6.45) is 1.62. The maximum atomic E-state index is 12.5. The first-order valence-electron chi connectivity index (χ1n) is 9.46. The molecule has 0 saturated carbocycles. The average Bonchev–Trinajstić information content (AvgIpc) is 2.75. The molecule has 1 aliphatic heterocycles. The molecule has 0 radical (unpaired) electrons. The molecule has 1 N–H and O–H groups in total. The van der Waals surface area contributed by atoms with Gasteiger partial charge in [0.1, 0.15) is 0 Å². The van der Waals surface area contributed by atoms with Gasteiger partial charge >= 0.3 is 0 Å². The van der Waals surface area contributed by atoms with Gasteiger partial charge in [0.25, 0.3) is 5.91 Å². The van der Waals surface area contributed by atoms with Crippen molar-refractivity contribution in [1.29, 1.82) is 0 Å². The zero-order valence-electron chi connectivity index (χ0n) is 15.9. The summed E-state index contributed by atoms with van der Waals surface area (Å²) in [6.45, 7) is 5.35. The van der Waals surface area contributed by atoms with Gasteiger partial charge in [0, 0.05) is 36.2 Å². The van der Waals surface area contributed by atoms with Crippen LogP contribution in [0, 0.1) is 6.92 Å². The molecule has 1 aliphatic rings. The first-order valence-corrected chi connectivity index (χ1v) is 9.46. The first-order chi connectivity index (χ1) is 13.7. The summed E-state index contributed by atoms with van der Waals surface area (Å²) < 4.78 is 5.38. The molecule has 0 spiro atoms. The van der Waals surface area contributed by atoms with Crippen LogP contribution in [0.2, 0.25) is 0 Å². The number of morpholine rings is 1. The Hall–Kier alpha value is -3.18. The molecule has 1 saturated heterocycles. The zero-order valence-corrected chi connectivity index (χ0v) is 15.9. The molecule has 5 heteroatoms. The van der Waals surface area contributed by atoms with E-state index in [1.54, 1.807) is 6.20 Å². The molecule has 2 heterocycles. The summed E-state index contributed by atoms with van der Waals surface area (Å²) in [5.74, 6) is -0.164. The molecule has 0 unspecified atom stereocenters. The number of carbonyl (C=O) groups is 1. The highest BCUT2D eigenvalue weighted by Crippen LogP contribution is 2.21. The third-order valence-corrected chi connectivity index (χ3v) is 4.84. The van der Waals surface area contributed by atoms with Crippen LogP contribution in [0.25, 0.3) is 11.3 Å². The topological polar surface area (TPSA) is 54.5 Å². The predicted octanol–water partition coefficient (Wildman–Crippen LogP) is 4.15. The van der Waals surface area contributed by atoms with Crippen LogP contribution in [0.3, 0.4) is 0 Å². The fraction of sp³-hybridized carbons (Fsp3) is 0.217. The monoisotopic (exact) mass is 373 g/mol. The fourth-order valence-corrected chi connectivity index (χ4v) is 3.28. The molecule has 0 bridgehead atoms. The molecule has 3 aromatic rings. The number of anilines is 2. The average molecular weight is 373 g/mol. The Kier molecular flexibility index (Phi) is 5.35. The zero-order chi connectivity index (χ0) is 19.3. The molecule has 5 nitrogen and oxygen atoms in total. The highest BCUT2D eigenvalue weighted by Gasteiger charge is 2.12. The number of pyridine rings is 1. The largest absolute Gasteiger partial charge is 0.378 e. The van der Waals surface area contributed by atoms with Crippen molar-refractivity contribution in [3.8, 4) is 11.3 Å². The fourth-order valence-electron chi connectivity index (χ4n) is 3.28. The minimum atomic E-state index is -0.164. The summed E-state index contributed by atoms with van der Waals surface area (Å²) >= 11 is 0. The quantitative estimate of drug-likeness (QED) is 0.747. The van der Waals surface area contributed by atoms with Crippen molar-refractivity contribution in [2.45, 2.75) is 6.92 Å². The molecular formula is C23H23N3O2. The Bertz CT molecular complexity index is 946. The van der Waals surface area contributed by atoms with Crippen LogP contribution in [0.1, 0.15) is 15.9 Å². The number of aromatic nitrogens is 1. The number of hydrogen-bond donors (Lipinski definition) is 1. The molecule has 1 fully saturated rings. The number of rotatable bonds is 4. The van der Waals surface area contributed by atoms with Gasteiger partial charge in [0.15, 0.2) is 0 Å². The highest BCUT2D eigenvalue weighted by atomic mass is 16.5. The molecule has 1 aromatic heterocycles. The second-order valence-electron chi connectivity index (χ2n) is 6.90. The van der Waals surface area contributed by atoms with Crippen molar-refractivity contribution in [3.63, 3.8) is 0 Å². The third-order valence-electron chi connectivity index (χ3n) is 4.84. The van der Waals surface area contributed by atoms with E-state index in [1.165, 1.54) is 5.56 Å². The smallest absolute Gasteiger partial charge is 0.257 e. The summed E-state index contributed by atoms with van der Waals surface area (Å²) in [4.78, 5) is 19.3. The second kappa shape index (κ2) is 8.23. The summed E-state index contributed by atoms with van der Waals surface area (Å²) in [7, 11) is 0. The van der Waals surface area contributed by atoms with Crippen LogP contribution in [-0.4, -0.2) is 37.2 Å². The van der Waals surface area contributed by atoms with Crippen molar-refractivity contribution >= 4 is 17.3 Å². The molecule has 1 amide bonds. The number of nitrogens with zero attached hydrogens (tertiary/aromatic N) is 2. The number of carbonyl (C=O) groups excluding carboxylic acids is 1. The Morgan fingerprint density at radius 2 is 1.82 bits per heavy atom. The number of hydrogen-bond acceptors (Lipinski definition) is 4. The van der Waals surface area contributed by atoms with Gasteiger partial charge in [0.05, 0.1) is 24.5 Å². The first kappa shape index (κ1) is 18.2. The van der Waals surface area contributed by atoms with Crippen LogP contribution in [0.5, 0.6) is 0 Å². The van der Waals surface area contributed by atoms with Gasteiger partial charge in [0.2, 0.25) is 0 Å². The maximum absolute atomic E-state index is 12.5. The van der Waals surface area contributed by atoms with E-state index in [9.17, 15) is 4.79 Å². The Balaban J connectivity index is 1.42. The van der Waals surface area contributed by atoms with Crippen molar-refractivity contribution in [2.24, 2.45) is 0 Å². The van der Waals surface area contributed by atoms with Gasteiger partial charge in [-0.3, -0.25) is 9.78 Å². The molecule has 28 heavy (non-hydrogen) atoms. The van der Waals surface area contributed by atoms with E-state index >= 15 is 0 Å². The van der Waals surface area contributed by atoms with E-state index in [2.05, 4.69) is 34.3 Å². The van der Waals surface area contributed by atoms with Crippen LogP contribution < -0.4 is 10.2 Å². The van der Waals surface area contributed by atoms with Crippen LogP contribution in [0.15, 0.2) is 66.9 Å². The number of amides is 1. The lowest BCUT2D eigenvalue weighted by Gasteiger charge is -2.28. The lowest BCUT2D eigenvalue weighted by molar-refractivity contribution is 0.102. The van der Waals surface area contributed by atoms with Gasteiger partial charge in [-0.1, -0.05) is 23.8 Å². The molecule has 0 aliphatic carbocycles. The number of ether oxygens (including phenoxy) is 1. The van der Waals surface area contributed by atoms with Crippen LogP contribution in [-0.2, 0) is 4.74 Å². The van der Waals surface area contributed by atoms with Crippen molar-refractivity contribution in [1.82, 2.24) is 4.98 Å². The van der Waals surface area contributed by atoms with Gasteiger partial charge in [-0.2, -0.15) is 0 Å². The third kappa shape index (κ3) is 4.21. The minimum Gasteiger partial charge on any atom is -0.378 e. The Labute approximate surface area is 165 Å². The predicted molar refractivity (Wildman–Crippen MR) is 112 cm³/mol. The van der Waals surface area contributed by atoms with Crippen LogP contribution >= 0.6 is 0 Å². The SMILES string of the molecule is Cc1cccc(-c2ccc(C(=O)Nc3ccc(N4CCOCC4)cc3)cn2)c1. The van der Waals surface area contributed by atoms with Crippen molar-refractivity contribution in [2.75, 3.05) is 36.5 Å². The van der Waals surface area contributed by atoms with E-state index in [0.717, 1.165) is 48.9 Å². The van der Waals surface area contributed by atoms with Gasteiger partial charge in [-0.25, -0.2) is 0 Å². The standard InChI is InChI=1S/C23H23N3O2/c1-17-3-2-4-18(15-17)22-10-5-19(16-24-22)23(27)25-20-6-8-21(9-7-20)26-11-13-28-14-12-26/h2-10,15-16H,11-14H2,1H3,(H,25,27). The van der Waals surface area contributed by atoms with E-state index in [4.69, 9.17) is 4.74 Å². The Morgan fingerprint density at radius 1 is 1.04 bits per heavy atom. The van der Waals surface area contributed by atoms with Crippen molar-refractivity contribution < 1.29 is 9.53 Å². The van der Waals surface area contributed by atoms with E-state index in [1.807, 2.05) is 48.5 Å². The maximum Gasteiger partial charge on any atom is 0.257 e. The molecule has 2 aromatic carbocycles. The van der Waals surface area contributed by atoms with Gasteiger partial charge in [-0.15, -0.1) is 0 Å². The van der Waals surface area contributed by atoms with E-state index in [0.29, 0.717) is 5.56 Å². The summed E-state index contributed by atoms with van der Waals surface area (Å²) in [6, 6.07) is 19.8. The summed E-state index contributed by atoms with van der Waals surface area (Å²) in [5.41, 5.74) is 5.53. The van der Waals surface area contributed by atoms with E-state index < -0.39 is 0 Å². The van der Waals surface area contributed by atoms with E-state index in [-0.39, 0.29) is 5.91 Å². The Morgan fingerprint density at radius 3 is 2.50 bits per heavy atom. The second-order valence-corrected chi connectivity index (χ2v) is 6.90. The van der Waals surface area contributed by atoms with Gasteiger partial charge in [-0.05, 0) is 49.4 Å². The summed E-state index contributed by atoms with van der Waals surface area (Å²) in [5, 5.41) is 2.93. The lowest BCUT2D eigenvalue weighted by atomic mass is 10.1. The highest BCUT2D eigenvalue weighted by molar-refractivity contribution is 6.04. The number of benzene rings is 2. The lowest BCUT2D eigenvalue weighted by Crippen LogP contribution is -2.36. The minimum absolute atomic E-state index is 0.164. The molecule has 0 atom stereocenters. The van der Waals surface area contributed by atoms with Crippen LogP contribution in [0.4, 0.5) is 11.4 Å². The van der Waals surface area contributed by atoms with Crippen molar-refractivity contribution in [3.05, 3.63) is 78.0 Å². The molecule has 4 rings (SSSR count).